The molecule has 140 valence electrons. The maximum absolute atomic E-state index is 12.7. The van der Waals surface area contributed by atoms with E-state index in [1.807, 2.05) is 68.4 Å². The third-order valence-corrected chi connectivity index (χ3v) is 4.19. The quantitative estimate of drug-likeness (QED) is 0.636. The Morgan fingerprint density at radius 3 is 2.52 bits per heavy atom. The molecule has 3 rings (SSSR count). The second-order valence-electron chi connectivity index (χ2n) is 6.40. The van der Waals surface area contributed by atoms with Gasteiger partial charge in [0.15, 0.2) is 6.10 Å². The van der Waals surface area contributed by atoms with Crippen molar-refractivity contribution in [3.8, 4) is 17.1 Å². The second kappa shape index (κ2) is 8.49. The second-order valence-corrected chi connectivity index (χ2v) is 6.40. The number of para-hydroxylation sites is 1. The van der Waals surface area contributed by atoms with Crippen molar-refractivity contribution in [1.82, 2.24) is 15.0 Å². The molecule has 0 bridgehead atoms. The Bertz CT molecular complexity index is 875. The molecule has 0 N–H and O–H groups in total. The molecular weight excluding hydrogens is 342 g/mol. The average Bonchev–Trinajstić information content (AvgIpc) is 3.15. The summed E-state index contributed by atoms with van der Waals surface area (Å²) in [4.78, 5) is 18.6. The van der Waals surface area contributed by atoms with Gasteiger partial charge in [-0.15, -0.1) is 0 Å². The molecule has 1 unspecified atom stereocenters. The zero-order valence-electron chi connectivity index (χ0n) is 15.8. The molecule has 0 spiro atoms. The predicted octanol–water partition coefficient (Wildman–Crippen LogP) is 3.86. The number of amides is 1. The van der Waals surface area contributed by atoms with Gasteiger partial charge >= 0.3 is 0 Å². The van der Waals surface area contributed by atoms with Gasteiger partial charge in [0, 0.05) is 12.6 Å². The van der Waals surface area contributed by atoms with Crippen molar-refractivity contribution in [1.29, 1.82) is 0 Å². The van der Waals surface area contributed by atoms with E-state index in [0.717, 1.165) is 11.1 Å². The average molecular weight is 365 g/mol. The number of hydrogen-bond donors (Lipinski definition) is 0. The summed E-state index contributed by atoms with van der Waals surface area (Å²) in [6.07, 6.45) is 0.00755. The molecule has 6 heteroatoms. The topological polar surface area (TPSA) is 68.5 Å². The summed E-state index contributed by atoms with van der Waals surface area (Å²) in [5, 5.41) is 4.01. The van der Waals surface area contributed by atoms with Gasteiger partial charge in [-0.05, 0) is 25.5 Å². The van der Waals surface area contributed by atoms with Crippen molar-refractivity contribution in [2.45, 2.75) is 32.9 Å². The molecule has 1 amide bonds. The lowest BCUT2D eigenvalue weighted by Crippen LogP contribution is -2.39. The smallest absolute Gasteiger partial charge is 0.263 e. The van der Waals surface area contributed by atoms with Gasteiger partial charge < -0.3 is 14.2 Å². The first kappa shape index (κ1) is 18.6. The fourth-order valence-electron chi connectivity index (χ4n) is 2.64. The zero-order valence-corrected chi connectivity index (χ0v) is 15.8. The Morgan fingerprint density at radius 1 is 1.15 bits per heavy atom. The highest BCUT2D eigenvalue weighted by Gasteiger charge is 2.24. The van der Waals surface area contributed by atoms with Crippen LogP contribution in [-0.4, -0.2) is 34.1 Å². The van der Waals surface area contributed by atoms with Crippen molar-refractivity contribution in [2.75, 3.05) is 7.05 Å². The summed E-state index contributed by atoms with van der Waals surface area (Å²) in [5.74, 6) is 1.44. The van der Waals surface area contributed by atoms with E-state index in [1.165, 1.54) is 0 Å². The summed E-state index contributed by atoms with van der Waals surface area (Å²) >= 11 is 0. The van der Waals surface area contributed by atoms with Crippen LogP contribution in [0.5, 0.6) is 5.75 Å². The van der Waals surface area contributed by atoms with Crippen molar-refractivity contribution >= 4 is 5.91 Å². The van der Waals surface area contributed by atoms with Gasteiger partial charge in [-0.3, -0.25) is 4.79 Å². The largest absolute Gasteiger partial charge is 0.481 e. The van der Waals surface area contributed by atoms with Crippen LogP contribution in [0.3, 0.4) is 0 Å². The van der Waals surface area contributed by atoms with Crippen LogP contribution in [-0.2, 0) is 11.3 Å². The van der Waals surface area contributed by atoms with Crippen LogP contribution in [0.15, 0.2) is 59.1 Å². The van der Waals surface area contributed by atoms with E-state index in [9.17, 15) is 4.79 Å². The number of rotatable bonds is 7. The maximum atomic E-state index is 12.7. The van der Waals surface area contributed by atoms with Crippen LogP contribution in [0.1, 0.15) is 24.8 Å². The zero-order chi connectivity index (χ0) is 19.2. The third kappa shape index (κ3) is 4.73. The van der Waals surface area contributed by atoms with Gasteiger partial charge in [-0.2, -0.15) is 4.98 Å². The molecule has 3 aromatic rings. The van der Waals surface area contributed by atoms with E-state index in [2.05, 4.69) is 10.1 Å². The number of aromatic nitrogens is 2. The first-order valence-electron chi connectivity index (χ1n) is 8.93. The van der Waals surface area contributed by atoms with Crippen molar-refractivity contribution in [2.24, 2.45) is 0 Å². The van der Waals surface area contributed by atoms with Gasteiger partial charge in [0.1, 0.15) is 5.75 Å². The van der Waals surface area contributed by atoms with E-state index in [1.54, 1.807) is 11.9 Å². The van der Waals surface area contributed by atoms with Gasteiger partial charge in [-0.25, -0.2) is 0 Å². The fraction of sp³-hybridized carbons (Fsp3) is 0.286. The number of likely N-dealkylation sites (N-methyl/N-ethyl adjacent to an activating group) is 1. The van der Waals surface area contributed by atoms with Crippen LogP contribution in [0, 0.1) is 6.92 Å². The summed E-state index contributed by atoms with van der Waals surface area (Å²) in [6, 6.07) is 17.2. The summed E-state index contributed by atoms with van der Waals surface area (Å²) < 4.78 is 11.1. The molecule has 2 aromatic carbocycles. The number of aryl methyl sites for hydroxylation is 1. The minimum absolute atomic E-state index is 0.128. The summed E-state index contributed by atoms with van der Waals surface area (Å²) in [5.41, 5.74) is 2.04. The molecule has 6 nitrogen and oxygen atoms in total. The lowest BCUT2D eigenvalue weighted by Gasteiger charge is -2.22. The van der Waals surface area contributed by atoms with Crippen LogP contribution in [0.4, 0.5) is 0 Å². The van der Waals surface area contributed by atoms with Crippen molar-refractivity contribution in [3.05, 3.63) is 66.1 Å². The highest BCUT2D eigenvalue weighted by Crippen LogP contribution is 2.18. The molecule has 1 atom stereocenters. The molecular formula is C21H23N3O3. The SMILES string of the molecule is CCC(Oc1ccccc1)C(=O)N(C)Cc1nc(-c2ccc(C)cc2)no1. The number of ether oxygens (including phenoxy) is 1. The number of carbonyl (C=O) groups is 1. The first-order chi connectivity index (χ1) is 13.1. The van der Waals surface area contributed by atoms with E-state index < -0.39 is 6.10 Å². The van der Waals surface area contributed by atoms with Crippen LogP contribution < -0.4 is 4.74 Å². The van der Waals surface area contributed by atoms with Crippen LogP contribution in [0.2, 0.25) is 0 Å². The van der Waals surface area contributed by atoms with Crippen molar-refractivity contribution in [3.63, 3.8) is 0 Å². The molecule has 27 heavy (non-hydrogen) atoms. The minimum atomic E-state index is -0.558. The molecule has 0 aliphatic rings. The van der Waals surface area contributed by atoms with Gasteiger partial charge in [0.25, 0.3) is 5.91 Å². The lowest BCUT2D eigenvalue weighted by molar-refractivity contribution is -0.138. The highest BCUT2D eigenvalue weighted by atomic mass is 16.5. The lowest BCUT2D eigenvalue weighted by atomic mass is 10.1. The molecule has 0 saturated carbocycles. The Hall–Kier alpha value is -3.15. The normalized spacial score (nSPS) is 11.8. The molecule has 1 aromatic heterocycles. The Kier molecular flexibility index (Phi) is 5.86. The third-order valence-electron chi connectivity index (χ3n) is 4.19. The van der Waals surface area contributed by atoms with E-state index in [-0.39, 0.29) is 12.5 Å². The predicted molar refractivity (Wildman–Crippen MR) is 102 cm³/mol. The number of hydrogen-bond acceptors (Lipinski definition) is 5. The molecule has 0 aliphatic carbocycles. The van der Waals surface area contributed by atoms with E-state index >= 15 is 0 Å². The van der Waals surface area contributed by atoms with Crippen LogP contribution in [0.25, 0.3) is 11.4 Å². The number of carbonyl (C=O) groups excluding carboxylic acids is 1. The summed E-state index contributed by atoms with van der Waals surface area (Å²) in [7, 11) is 1.70. The molecule has 0 aliphatic heterocycles. The molecule has 0 saturated heterocycles. The van der Waals surface area contributed by atoms with Gasteiger partial charge in [0.05, 0.1) is 6.54 Å². The Labute approximate surface area is 158 Å². The maximum Gasteiger partial charge on any atom is 0.263 e. The van der Waals surface area contributed by atoms with Gasteiger partial charge in [0.2, 0.25) is 11.7 Å². The monoisotopic (exact) mass is 365 g/mol. The number of benzene rings is 2. The highest BCUT2D eigenvalue weighted by molar-refractivity contribution is 5.80. The molecule has 0 radical (unpaired) electrons. The first-order valence-corrected chi connectivity index (χ1v) is 8.93. The Morgan fingerprint density at radius 2 is 1.85 bits per heavy atom. The number of nitrogens with zero attached hydrogens (tertiary/aromatic N) is 3. The minimum Gasteiger partial charge on any atom is -0.481 e. The van der Waals surface area contributed by atoms with E-state index in [0.29, 0.717) is 23.9 Å². The van der Waals surface area contributed by atoms with Gasteiger partial charge in [-0.1, -0.05) is 60.1 Å². The molecule has 0 fully saturated rings. The molecule has 1 heterocycles. The van der Waals surface area contributed by atoms with E-state index in [4.69, 9.17) is 9.26 Å². The van der Waals surface area contributed by atoms with Crippen LogP contribution >= 0.6 is 0 Å². The fourth-order valence-corrected chi connectivity index (χ4v) is 2.64. The summed E-state index contributed by atoms with van der Waals surface area (Å²) in [6.45, 7) is 4.17. The van der Waals surface area contributed by atoms with Crippen molar-refractivity contribution < 1.29 is 14.1 Å². The Balaban J connectivity index is 1.64. The standard InChI is InChI=1S/C21H23N3O3/c1-4-18(26-17-8-6-5-7-9-17)21(25)24(3)14-19-22-20(23-27-19)16-12-10-15(2)11-13-16/h5-13,18H,4,14H2,1-3H3.